The highest BCUT2D eigenvalue weighted by Crippen LogP contribution is 2.19. The number of carbonyl (C=O) groups excluding carboxylic acids is 1. The number of hydrogen-bond donors (Lipinski definition) is 2. The molecule has 0 saturated carbocycles. The predicted molar refractivity (Wildman–Crippen MR) is 63.2 cm³/mol. The van der Waals surface area contributed by atoms with Crippen molar-refractivity contribution in [2.45, 2.75) is 6.42 Å². The third-order valence-electron chi connectivity index (χ3n) is 2.68. The summed E-state index contributed by atoms with van der Waals surface area (Å²) in [4.78, 5) is 11.6. The molecule has 7 heteroatoms. The normalized spacial score (nSPS) is 18.3. The minimum absolute atomic E-state index is 0. The summed E-state index contributed by atoms with van der Waals surface area (Å²) in [6.45, 7) is 1.28. The van der Waals surface area contributed by atoms with Gasteiger partial charge in [0.25, 0.3) is 0 Å². The number of amides is 1. The fourth-order valence-corrected chi connectivity index (χ4v) is 1.75. The Morgan fingerprint density at radius 1 is 1.28 bits per heavy atom. The highest BCUT2D eigenvalue weighted by atomic mass is 35.5. The first-order valence-corrected chi connectivity index (χ1v) is 5.24. The SMILES string of the molecule is Cl.O=C(Nc1cc(F)c(F)c(F)c1)C1CCNC1. The van der Waals surface area contributed by atoms with E-state index in [0.717, 1.165) is 18.7 Å². The second-order valence-corrected chi connectivity index (χ2v) is 3.93. The molecular formula is C11H12ClF3N2O. The van der Waals surface area contributed by atoms with Crippen LogP contribution in [0.3, 0.4) is 0 Å². The molecule has 1 aromatic carbocycles. The summed E-state index contributed by atoms with van der Waals surface area (Å²) in [7, 11) is 0. The molecule has 0 aromatic heterocycles. The number of nitrogens with one attached hydrogen (secondary N) is 2. The predicted octanol–water partition coefficient (Wildman–Crippen LogP) is 2.07. The number of halogens is 4. The monoisotopic (exact) mass is 280 g/mol. The number of rotatable bonds is 2. The van der Waals surface area contributed by atoms with Gasteiger partial charge in [-0.1, -0.05) is 0 Å². The fourth-order valence-electron chi connectivity index (χ4n) is 1.75. The molecule has 0 aliphatic carbocycles. The molecule has 1 amide bonds. The first-order chi connectivity index (χ1) is 8.08. The minimum atomic E-state index is -1.54. The van der Waals surface area contributed by atoms with Crippen LogP contribution in [0.25, 0.3) is 0 Å². The Bertz CT molecular complexity index is 427. The van der Waals surface area contributed by atoms with E-state index in [1.165, 1.54) is 0 Å². The van der Waals surface area contributed by atoms with Crippen molar-refractivity contribution < 1.29 is 18.0 Å². The molecule has 1 aliphatic rings. The Labute approximate surface area is 108 Å². The van der Waals surface area contributed by atoms with Crippen LogP contribution < -0.4 is 10.6 Å². The van der Waals surface area contributed by atoms with Gasteiger partial charge in [-0.15, -0.1) is 12.4 Å². The zero-order valence-corrected chi connectivity index (χ0v) is 10.1. The van der Waals surface area contributed by atoms with Crippen molar-refractivity contribution >= 4 is 24.0 Å². The first kappa shape index (κ1) is 14.8. The summed E-state index contributed by atoms with van der Waals surface area (Å²) in [5.41, 5.74) is -0.0710. The number of anilines is 1. The molecular weight excluding hydrogens is 269 g/mol. The van der Waals surface area contributed by atoms with Crippen LogP contribution in [0, 0.1) is 23.4 Å². The van der Waals surface area contributed by atoms with Gasteiger partial charge in [0.15, 0.2) is 17.5 Å². The quantitative estimate of drug-likeness (QED) is 0.815. The van der Waals surface area contributed by atoms with Crippen LogP contribution in [0.1, 0.15) is 6.42 Å². The van der Waals surface area contributed by atoms with Crippen LogP contribution in [0.15, 0.2) is 12.1 Å². The second-order valence-electron chi connectivity index (χ2n) is 3.93. The zero-order chi connectivity index (χ0) is 12.4. The molecule has 1 unspecified atom stereocenters. The molecule has 0 spiro atoms. The Morgan fingerprint density at radius 2 is 1.89 bits per heavy atom. The number of carbonyl (C=O) groups is 1. The van der Waals surface area contributed by atoms with Crippen LogP contribution in [-0.4, -0.2) is 19.0 Å². The average molecular weight is 281 g/mol. The molecule has 3 nitrogen and oxygen atoms in total. The average Bonchev–Trinajstić information content (AvgIpc) is 2.79. The standard InChI is InChI=1S/C11H11F3N2O.ClH/c12-8-3-7(4-9(13)10(8)14)16-11(17)6-1-2-15-5-6;/h3-4,6,15H,1-2,5H2,(H,16,17);1H. The van der Waals surface area contributed by atoms with Crippen LogP contribution in [0.4, 0.5) is 18.9 Å². The van der Waals surface area contributed by atoms with Crippen LogP contribution in [0.2, 0.25) is 0 Å². The smallest absolute Gasteiger partial charge is 0.228 e. The van der Waals surface area contributed by atoms with Gasteiger partial charge in [0.1, 0.15) is 0 Å². The molecule has 2 rings (SSSR count). The third-order valence-corrected chi connectivity index (χ3v) is 2.68. The Balaban J connectivity index is 0.00000162. The lowest BCUT2D eigenvalue weighted by molar-refractivity contribution is -0.119. The van der Waals surface area contributed by atoms with E-state index in [2.05, 4.69) is 10.6 Å². The molecule has 1 saturated heterocycles. The lowest BCUT2D eigenvalue weighted by Gasteiger charge is -2.10. The molecule has 1 aromatic rings. The summed E-state index contributed by atoms with van der Waals surface area (Å²) >= 11 is 0. The Morgan fingerprint density at radius 3 is 2.39 bits per heavy atom. The number of hydrogen-bond acceptors (Lipinski definition) is 2. The van der Waals surface area contributed by atoms with Gasteiger partial charge in [-0.25, -0.2) is 13.2 Å². The van der Waals surface area contributed by atoms with Crippen molar-refractivity contribution in [3.05, 3.63) is 29.6 Å². The van der Waals surface area contributed by atoms with Crippen LogP contribution in [0.5, 0.6) is 0 Å². The molecule has 1 heterocycles. The maximum absolute atomic E-state index is 12.9. The third kappa shape index (κ3) is 3.14. The van der Waals surface area contributed by atoms with Crippen molar-refractivity contribution in [3.63, 3.8) is 0 Å². The van der Waals surface area contributed by atoms with E-state index in [4.69, 9.17) is 0 Å². The Hall–Kier alpha value is -1.27. The van der Waals surface area contributed by atoms with Crippen molar-refractivity contribution in [1.82, 2.24) is 5.32 Å². The molecule has 18 heavy (non-hydrogen) atoms. The number of benzene rings is 1. The topological polar surface area (TPSA) is 41.1 Å². The summed E-state index contributed by atoms with van der Waals surface area (Å²) < 4.78 is 38.5. The van der Waals surface area contributed by atoms with Gasteiger partial charge in [0.2, 0.25) is 5.91 Å². The van der Waals surface area contributed by atoms with E-state index in [1.54, 1.807) is 0 Å². The summed E-state index contributed by atoms with van der Waals surface area (Å²) in [5.74, 6) is -4.70. The highest BCUT2D eigenvalue weighted by Gasteiger charge is 2.23. The van der Waals surface area contributed by atoms with E-state index < -0.39 is 17.5 Å². The maximum atomic E-state index is 12.9. The molecule has 1 atom stereocenters. The lowest BCUT2D eigenvalue weighted by Crippen LogP contribution is -2.24. The van der Waals surface area contributed by atoms with E-state index >= 15 is 0 Å². The van der Waals surface area contributed by atoms with Gasteiger partial charge < -0.3 is 10.6 Å². The Kier molecular flexibility index (Phi) is 4.98. The second kappa shape index (κ2) is 6.06. The fraction of sp³-hybridized carbons (Fsp3) is 0.364. The van der Waals surface area contributed by atoms with Gasteiger partial charge in [0.05, 0.1) is 5.92 Å². The van der Waals surface area contributed by atoms with Gasteiger partial charge >= 0.3 is 0 Å². The van der Waals surface area contributed by atoms with E-state index in [-0.39, 0.29) is 29.9 Å². The molecule has 1 aliphatic heterocycles. The van der Waals surface area contributed by atoms with Crippen LogP contribution in [-0.2, 0) is 4.79 Å². The zero-order valence-electron chi connectivity index (χ0n) is 9.30. The largest absolute Gasteiger partial charge is 0.326 e. The van der Waals surface area contributed by atoms with Crippen LogP contribution >= 0.6 is 12.4 Å². The van der Waals surface area contributed by atoms with Gasteiger partial charge in [-0.2, -0.15) is 0 Å². The van der Waals surface area contributed by atoms with Crippen molar-refractivity contribution in [2.24, 2.45) is 5.92 Å². The van der Waals surface area contributed by atoms with E-state index in [1.807, 2.05) is 0 Å². The van der Waals surface area contributed by atoms with Gasteiger partial charge in [0, 0.05) is 24.4 Å². The molecule has 100 valence electrons. The molecule has 0 radical (unpaired) electrons. The van der Waals surface area contributed by atoms with Gasteiger partial charge in [-0.3, -0.25) is 4.79 Å². The lowest BCUT2D eigenvalue weighted by atomic mass is 10.1. The summed E-state index contributed by atoms with van der Waals surface area (Å²) in [5, 5.41) is 5.37. The first-order valence-electron chi connectivity index (χ1n) is 5.24. The molecule has 0 bridgehead atoms. The maximum Gasteiger partial charge on any atom is 0.228 e. The summed E-state index contributed by atoms with van der Waals surface area (Å²) in [6.07, 6.45) is 0.679. The van der Waals surface area contributed by atoms with E-state index in [9.17, 15) is 18.0 Å². The van der Waals surface area contributed by atoms with Crippen molar-refractivity contribution in [3.8, 4) is 0 Å². The summed E-state index contributed by atoms with van der Waals surface area (Å²) in [6, 6.07) is 1.53. The highest BCUT2D eigenvalue weighted by molar-refractivity contribution is 5.92. The van der Waals surface area contributed by atoms with Gasteiger partial charge in [-0.05, 0) is 13.0 Å². The molecule has 2 N–H and O–H groups in total. The van der Waals surface area contributed by atoms with Crippen molar-refractivity contribution in [1.29, 1.82) is 0 Å². The minimum Gasteiger partial charge on any atom is -0.326 e. The molecule has 1 fully saturated rings. The van der Waals surface area contributed by atoms with Crippen molar-refractivity contribution in [2.75, 3.05) is 18.4 Å². The van der Waals surface area contributed by atoms with E-state index in [0.29, 0.717) is 13.0 Å².